The lowest BCUT2D eigenvalue weighted by atomic mass is 9.86. The van der Waals surface area contributed by atoms with E-state index in [1.54, 1.807) is 12.1 Å². The SMILES string of the molecule is COSc1ccc(C(C)(C)C)c([N+](=O)[O-])c1. The monoisotopic (exact) mass is 241 g/mol. The number of nitro groups is 1. The first-order chi connectivity index (χ1) is 7.36. The van der Waals surface area contributed by atoms with Crippen LogP contribution in [0, 0.1) is 10.1 Å². The molecular formula is C11H15NO3S. The van der Waals surface area contributed by atoms with Gasteiger partial charge in [-0.3, -0.25) is 10.1 Å². The molecule has 1 aromatic rings. The first-order valence-electron chi connectivity index (χ1n) is 4.86. The molecule has 0 radical (unpaired) electrons. The van der Waals surface area contributed by atoms with E-state index in [1.165, 1.54) is 7.11 Å². The van der Waals surface area contributed by atoms with E-state index in [0.29, 0.717) is 0 Å². The number of nitrogens with zero attached hydrogens (tertiary/aromatic N) is 1. The van der Waals surface area contributed by atoms with Gasteiger partial charge in [-0.25, -0.2) is 0 Å². The Hall–Kier alpha value is -1.07. The molecule has 1 rings (SSSR count). The lowest BCUT2D eigenvalue weighted by molar-refractivity contribution is -0.386. The van der Waals surface area contributed by atoms with Crippen LogP contribution >= 0.6 is 12.0 Å². The normalized spacial score (nSPS) is 11.5. The van der Waals surface area contributed by atoms with E-state index in [2.05, 4.69) is 0 Å². The van der Waals surface area contributed by atoms with Gasteiger partial charge in [0.1, 0.15) is 0 Å². The topological polar surface area (TPSA) is 52.4 Å². The summed E-state index contributed by atoms with van der Waals surface area (Å²) in [5.41, 5.74) is 0.645. The second kappa shape index (κ2) is 4.84. The van der Waals surface area contributed by atoms with Crippen molar-refractivity contribution in [3.8, 4) is 0 Å². The summed E-state index contributed by atoms with van der Waals surface area (Å²) in [6.07, 6.45) is 0. The summed E-state index contributed by atoms with van der Waals surface area (Å²) in [6, 6.07) is 5.18. The van der Waals surface area contributed by atoms with E-state index in [9.17, 15) is 10.1 Å². The van der Waals surface area contributed by atoms with Gasteiger partial charge in [-0.15, -0.1) is 0 Å². The largest absolute Gasteiger partial charge is 0.314 e. The highest BCUT2D eigenvalue weighted by molar-refractivity contribution is 7.94. The van der Waals surface area contributed by atoms with E-state index < -0.39 is 0 Å². The molecule has 0 aromatic heterocycles. The molecule has 0 heterocycles. The van der Waals surface area contributed by atoms with Gasteiger partial charge in [0.2, 0.25) is 0 Å². The third kappa shape index (κ3) is 2.96. The van der Waals surface area contributed by atoms with Gasteiger partial charge in [-0.2, -0.15) is 0 Å². The molecule has 0 saturated carbocycles. The summed E-state index contributed by atoms with van der Waals surface area (Å²) in [5.74, 6) is 0. The van der Waals surface area contributed by atoms with Crippen LogP contribution in [0.2, 0.25) is 0 Å². The molecule has 0 spiro atoms. The van der Waals surface area contributed by atoms with Crippen molar-refractivity contribution < 1.29 is 9.11 Å². The third-order valence-electron chi connectivity index (χ3n) is 2.15. The van der Waals surface area contributed by atoms with Crippen molar-refractivity contribution in [1.82, 2.24) is 0 Å². The standard InChI is InChI=1S/C11H15NO3S/c1-11(2,3)9-6-5-8(16-15-4)7-10(9)12(13)14/h5-7H,1-4H3. The molecule has 0 amide bonds. The van der Waals surface area contributed by atoms with Crippen LogP contribution in [-0.4, -0.2) is 12.0 Å². The fraction of sp³-hybridized carbons (Fsp3) is 0.455. The van der Waals surface area contributed by atoms with Gasteiger partial charge >= 0.3 is 0 Å². The summed E-state index contributed by atoms with van der Waals surface area (Å²) in [7, 11) is 1.54. The predicted octanol–water partition coefficient (Wildman–Crippen LogP) is 3.55. The molecule has 1 aromatic carbocycles. The van der Waals surface area contributed by atoms with Gasteiger partial charge < -0.3 is 4.18 Å². The van der Waals surface area contributed by atoms with Gasteiger partial charge in [0.05, 0.1) is 12.0 Å². The molecule has 16 heavy (non-hydrogen) atoms. The summed E-state index contributed by atoms with van der Waals surface area (Å²) >= 11 is 1.12. The van der Waals surface area contributed by atoms with E-state index in [4.69, 9.17) is 4.18 Å². The van der Waals surface area contributed by atoms with Crippen LogP contribution in [-0.2, 0) is 9.60 Å². The Bertz CT molecular complexity index is 399. The minimum absolute atomic E-state index is 0.148. The molecule has 0 unspecified atom stereocenters. The highest BCUT2D eigenvalue weighted by atomic mass is 32.2. The van der Waals surface area contributed by atoms with Crippen LogP contribution < -0.4 is 0 Å². The van der Waals surface area contributed by atoms with Gasteiger partial charge in [0, 0.05) is 28.6 Å². The number of hydrogen-bond acceptors (Lipinski definition) is 4. The van der Waals surface area contributed by atoms with Gasteiger partial charge in [0.15, 0.2) is 0 Å². The number of hydrogen-bond donors (Lipinski definition) is 0. The van der Waals surface area contributed by atoms with E-state index >= 15 is 0 Å². The summed E-state index contributed by atoms with van der Waals surface area (Å²) in [4.78, 5) is 11.4. The van der Waals surface area contributed by atoms with Crippen molar-refractivity contribution in [2.24, 2.45) is 0 Å². The molecular weight excluding hydrogens is 226 g/mol. The third-order valence-corrected chi connectivity index (χ3v) is 2.77. The average Bonchev–Trinajstić information content (AvgIpc) is 2.16. The maximum atomic E-state index is 11.0. The van der Waals surface area contributed by atoms with Crippen LogP contribution in [0.3, 0.4) is 0 Å². The minimum Gasteiger partial charge on any atom is -0.314 e. The molecule has 0 fully saturated rings. The fourth-order valence-corrected chi connectivity index (χ4v) is 1.92. The zero-order valence-corrected chi connectivity index (χ0v) is 10.6. The molecule has 0 saturated heterocycles. The smallest absolute Gasteiger partial charge is 0.274 e. The molecule has 5 heteroatoms. The summed E-state index contributed by atoms with van der Waals surface area (Å²) < 4.78 is 4.88. The maximum absolute atomic E-state index is 11.0. The van der Waals surface area contributed by atoms with E-state index in [1.807, 2.05) is 26.8 Å². The molecule has 4 nitrogen and oxygen atoms in total. The Morgan fingerprint density at radius 1 is 1.38 bits per heavy atom. The van der Waals surface area contributed by atoms with Crippen molar-refractivity contribution >= 4 is 17.7 Å². The van der Waals surface area contributed by atoms with Crippen LogP contribution in [0.4, 0.5) is 5.69 Å². The van der Waals surface area contributed by atoms with Crippen molar-refractivity contribution in [3.63, 3.8) is 0 Å². The molecule has 88 valence electrons. The molecule has 0 atom stereocenters. The van der Waals surface area contributed by atoms with Crippen LogP contribution in [0.15, 0.2) is 23.1 Å². The summed E-state index contributed by atoms with van der Waals surface area (Å²) in [6.45, 7) is 5.87. The second-order valence-corrected chi connectivity index (χ2v) is 5.41. The second-order valence-electron chi connectivity index (χ2n) is 4.44. The Morgan fingerprint density at radius 2 is 2.00 bits per heavy atom. The number of nitro benzene ring substituents is 1. The van der Waals surface area contributed by atoms with Crippen molar-refractivity contribution in [2.75, 3.05) is 7.11 Å². The fourth-order valence-electron chi connectivity index (χ4n) is 1.44. The highest BCUT2D eigenvalue weighted by Gasteiger charge is 2.24. The zero-order valence-electron chi connectivity index (χ0n) is 9.81. The van der Waals surface area contributed by atoms with Gasteiger partial charge in [0.25, 0.3) is 5.69 Å². The van der Waals surface area contributed by atoms with Crippen molar-refractivity contribution in [2.45, 2.75) is 31.1 Å². The molecule has 0 aliphatic heterocycles. The number of rotatable bonds is 3. The van der Waals surface area contributed by atoms with Crippen LogP contribution in [0.5, 0.6) is 0 Å². The van der Waals surface area contributed by atoms with E-state index in [0.717, 1.165) is 22.5 Å². The lowest BCUT2D eigenvalue weighted by Gasteiger charge is -2.18. The Labute approximate surface area is 99.4 Å². The maximum Gasteiger partial charge on any atom is 0.274 e. The first kappa shape index (κ1) is 13.0. The van der Waals surface area contributed by atoms with Crippen molar-refractivity contribution in [1.29, 1.82) is 0 Å². The first-order valence-corrected chi connectivity index (χ1v) is 5.60. The van der Waals surface area contributed by atoms with Crippen LogP contribution in [0.1, 0.15) is 26.3 Å². The Morgan fingerprint density at radius 3 is 2.44 bits per heavy atom. The minimum atomic E-state index is -0.347. The van der Waals surface area contributed by atoms with Gasteiger partial charge in [-0.1, -0.05) is 26.8 Å². The van der Waals surface area contributed by atoms with E-state index in [-0.39, 0.29) is 16.0 Å². The average molecular weight is 241 g/mol. The molecule has 0 bridgehead atoms. The highest BCUT2D eigenvalue weighted by Crippen LogP contribution is 2.34. The van der Waals surface area contributed by atoms with Crippen LogP contribution in [0.25, 0.3) is 0 Å². The number of benzene rings is 1. The Balaban J connectivity index is 3.25. The summed E-state index contributed by atoms with van der Waals surface area (Å²) in [5, 5.41) is 11.0. The van der Waals surface area contributed by atoms with Gasteiger partial charge in [-0.05, 0) is 11.5 Å². The van der Waals surface area contributed by atoms with Crippen molar-refractivity contribution in [3.05, 3.63) is 33.9 Å². The molecule has 0 aliphatic carbocycles. The predicted molar refractivity (Wildman–Crippen MR) is 64.7 cm³/mol. The molecule has 0 aliphatic rings. The molecule has 0 N–H and O–H groups in total. The lowest BCUT2D eigenvalue weighted by Crippen LogP contribution is -2.13. The zero-order chi connectivity index (χ0) is 12.3. The quantitative estimate of drug-likeness (QED) is 0.461. The Kier molecular flexibility index (Phi) is 3.93.